The minimum atomic E-state index is -0.874. The lowest BCUT2D eigenvalue weighted by atomic mass is 9.99. The maximum absolute atomic E-state index is 13.1. The zero-order chi connectivity index (χ0) is 19.3. The molecule has 1 aromatic carbocycles. The number of rotatable bonds is 7. The maximum Gasteiger partial charge on any atom is 0.282 e. The first-order valence-electron chi connectivity index (χ1n) is 8.24. The predicted molar refractivity (Wildman–Crippen MR) is 109 cm³/mol. The molecule has 0 aromatic heterocycles. The number of benzene rings is 1. The van der Waals surface area contributed by atoms with E-state index in [9.17, 15) is 4.79 Å². The molecule has 1 aromatic rings. The first-order valence-corrected chi connectivity index (χ1v) is 10.0. The SMILES string of the molecule is CCOCON1C(=O)C(c2ccccc2Cl)=C(OC(=S)SCC)C1(C)C. The maximum atomic E-state index is 13.1. The zero-order valence-corrected chi connectivity index (χ0v) is 17.6. The summed E-state index contributed by atoms with van der Waals surface area (Å²) in [7, 11) is 0. The minimum absolute atomic E-state index is 0.0388. The van der Waals surface area contributed by atoms with Crippen molar-refractivity contribution in [3.8, 4) is 0 Å². The van der Waals surface area contributed by atoms with Crippen LogP contribution in [0.15, 0.2) is 30.0 Å². The van der Waals surface area contributed by atoms with Crippen LogP contribution in [0.4, 0.5) is 0 Å². The van der Waals surface area contributed by atoms with E-state index in [4.69, 9.17) is 38.1 Å². The summed E-state index contributed by atoms with van der Waals surface area (Å²) >= 11 is 13.0. The Morgan fingerprint density at radius 3 is 2.62 bits per heavy atom. The van der Waals surface area contributed by atoms with Crippen LogP contribution in [-0.2, 0) is 19.1 Å². The standard InChI is InChI=1S/C18H22ClNO4S2/c1-5-22-11-23-20-16(21)14(12-9-7-8-10-13(12)19)15(18(20,3)4)24-17(25)26-6-2/h7-10H,5-6,11H2,1-4H3. The molecule has 1 amide bonds. The van der Waals surface area contributed by atoms with Gasteiger partial charge in [-0.1, -0.05) is 48.5 Å². The van der Waals surface area contributed by atoms with Crippen LogP contribution in [0.5, 0.6) is 0 Å². The van der Waals surface area contributed by atoms with Gasteiger partial charge >= 0.3 is 0 Å². The van der Waals surface area contributed by atoms with E-state index in [1.807, 2.05) is 33.8 Å². The molecule has 0 radical (unpaired) electrons. The molecule has 0 N–H and O–H groups in total. The summed E-state index contributed by atoms with van der Waals surface area (Å²) < 4.78 is 11.5. The van der Waals surface area contributed by atoms with Crippen LogP contribution >= 0.6 is 35.6 Å². The molecule has 142 valence electrons. The van der Waals surface area contributed by atoms with Crippen molar-refractivity contribution in [2.24, 2.45) is 0 Å². The fourth-order valence-electron chi connectivity index (χ4n) is 2.55. The molecule has 0 unspecified atom stereocenters. The molecule has 5 nitrogen and oxygen atoms in total. The summed E-state index contributed by atoms with van der Waals surface area (Å²) in [6, 6.07) is 7.12. The molecular formula is C18H22ClNO4S2. The molecule has 0 atom stereocenters. The van der Waals surface area contributed by atoms with Crippen molar-refractivity contribution < 1.29 is 19.1 Å². The second-order valence-corrected chi connectivity index (χ2v) is 8.14. The van der Waals surface area contributed by atoms with Crippen LogP contribution in [0, 0.1) is 0 Å². The van der Waals surface area contributed by atoms with E-state index < -0.39 is 5.54 Å². The van der Waals surface area contributed by atoms with Gasteiger partial charge in [0.25, 0.3) is 5.91 Å². The lowest BCUT2D eigenvalue weighted by Gasteiger charge is -2.31. The van der Waals surface area contributed by atoms with Crippen molar-refractivity contribution in [1.29, 1.82) is 0 Å². The summed E-state index contributed by atoms with van der Waals surface area (Å²) in [5.41, 5.74) is 0.0475. The van der Waals surface area contributed by atoms with Gasteiger partial charge in [0.2, 0.25) is 4.38 Å². The Morgan fingerprint density at radius 1 is 1.31 bits per heavy atom. The van der Waals surface area contributed by atoms with Gasteiger partial charge in [-0.05, 0) is 44.8 Å². The molecule has 0 aliphatic carbocycles. The molecule has 0 saturated carbocycles. The number of thioether (sulfide) groups is 1. The molecule has 2 rings (SSSR count). The number of nitrogens with zero attached hydrogens (tertiary/aromatic N) is 1. The summed E-state index contributed by atoms with van der Waals surface area (Å²) in [5, 5.41) is 1.71. The third-order valence-corrected chi connectivity index (χ3v) is 5.12. The topological polar surface area (TPSA) is 48.0 Å². The normalized spacial score (nSPS) is 16.3. The lowest BCUT2D eigenvalue weighted by molar-refractivity contribution is -0.242. The number of carbonyl (C=O) groups excluding carboxylic acids is 1. The summed E-state index contributed by atoms with van der Waals surface area (Å²) in [6.45, 7) is 7.93. The summed E-state index contributed by atoms with van der Waals surface area (Å²) in [5.74, 6) is 0.840. The van der Waals surface area contributed by atoms with Crippen LogP contribution in [-0.4, -0.2) is 40.0 Å². The molecule has 0 fully saturated rings. The number of amides is 1. The number of hydroxylamine groups is 2. The Hall–Kier alpha value is -1.12. The summed E-state index contributed by atoms with van der Waals surface area (Å²) in [6.07, 6.45) is 0. The van der Waals surface area contributed by atoms with Crippen LogP contribution in [0.25, 0.3) is 5.57 Å². The Balaban J connectivity index is 2.48. The van der Waals surface area contributed by atoms with E-state index in [1.165, 1.54) is 16.8 Å². The number of hydrogen-bond donors (Lipinski definition) is 0. The highest BCUT2D eigenvalue weighted by Gasteiger charge is 2.49. The van der Waals surface area contributed by atoms with Gasteiger partial charge in [-0.3, -0.25) is 4.79 Å². The summed E-state index contributed by atoms with van der Waals surface area (Å²) in [4.78, 5) is 18.7. The Kier molecular flexibility index (Phi) is 7.49. The van der Waals surface area contributed by atoms with Crippen LogP contribution in [0.1, 0.15) is 33.3 Å². The number of hydrogen-bond acceptors (Lipinski definition) is 6. The average molecular weight is 416 g/mol. The van der Waals surface area contributed by atoms with E-state index in [0.717, 1.165) is 5.75 Å². The largest absolute Gasteiger partial charge is 0.441 e. The van der Waals surface area contributed by atoms with Crippen molar-refractivity contribution in [1.82, 2.24) is 5.06 Å². The third-order valence-electron chi connectivity index (χ3n) is 3.75. The fourth-order valence-corrected chi connectivity index (χ4v) is 3.60. The molecule has 1 aliphatic rings. The number of carbonyl (C=O) groups is 1. The zero-order valence-electron chi connectivity index (χ0n) is 15.2. The van der Waals surface area contributed by atoms with E-state index in [-0.39, 0.29) is 12.7 Å². The van der Waals surface area contributed by atoms with Crippen molar-refractivity contribution in [3.05, 3.63) is 40.6 Å². The fraction of sp³-hybridized carbons (Fsp3) is 0.444. The molecule has 8 heteroatoms. The Bertz CT molecular complexity index is 721. The number of thiocarbonyl (C=S) groups is 1. The smallest absolute Gasteiger partial charge is 0.282 e. The highest BCUT2D eigenvalue weighted by Crippen LogP contribution is 2.43. The van der Waals surface area contributed by atoms with Crippen LogP contribution in [0.2, 0.25) is 5.02 Å². The van der Waals surface area contributed by atoms with Gasteiger partial charge in [0.15, 0.2) is 6.79 Å². The third kappa shape index (κ3) is 4.40. The van der Waals surface area contributed by atoms with E-state index in [1.54, 1.807) is 18.2 Å². The predicted octanol–water partition coefficient (Wildman–Crippen LogP) is 4.65. The van der Waals surface area contributed by atoms with E-state index in [0.29, 0.717) is 32.9 Å². The van der Waals surface area contributed by atoms with Gasteiger partial charge in [-0.25, -0.2) is 9.90 Å². The van der Waals surface area contributed by atoms with Crippen molar-refractivity contribution in [3.63, 3.8) is 0 Å². The monoisotopic (exact) mass is 415 g/mol. The molecular weight excluding hydrogens is 394 g/mol. The molecule has 0 spiro atoms. The highest BCUT2D eigenvalue weighted by molar-refractivity contribution is 8.22. The second-order valence-electron chi connectivity index (χ2n) is 5.87. The van der Waals surface area contributed by atoms with Crippen molar-refractivity contribution in [2.75, 3.05) is 19.2 Å². The molecule has 26 heavy (non-hydrogen) atoms. The van der Waals surface area contributed by atoms with E-state index in [2.05, 4.69) is 0 Å². The van der Waals surface area contributed by atoms with Gasteiger partial charge in [0.1, 0.15) is 11.3 Å². The molecule has 0 bridgehead atoms. The van der Waals surface area contributed by atoms with Crippen LogP contribution in [0.3, 0.4) is 0 Å². The lowest BCUT2D eigenvalue weighted by Crippen LogP contribution is -2.44. The Morgan fingerprint density at radius 2 is 2.00 bits per heavy atom. The van der Waals surface area contributed by atoms with Crippen molar-refractivity contribution >= 4 is 51.4 Å². The van der Waals surface area contributed by atoms with Gasteiger partial charge < -0.3 is 9.47 Å². The molecule has 0 saturated heterocycles. The van der Waals surface area contributed by atoms with Crippen LogP contribution < -0.4 is 0 Å². The van der Waals surface area contributed by atoms with Gasteiger partial charge in [0.05, 0.1) is 5.57 Å². The van der Waals surface area contributed by atoms with Crippen molar-refractivity contribution in [2.45, 2.75) is 33.2 Å². The minimum Gasteiger partial charge on any atom is -0.441 e. The molecule has 1 aliphatic heterocycles. The Labute approximate surface area is 168 Å². The average Bonchev–Trinajstić information content (AvgIpc) is 2.76. The number of halogens is 1. The highest BCUT2D eigenvalue weighted by atomic mass is 35.5. The van der Waals surface area contributed by atoms with Gasteiger partial charge in [0, 0.05) is 17.2 Å². The quantitative estimate of drug-likeness (QED) is 0.367. The number of ether oxygens (including phenoxy) is 2. The van der Waals surface area contributed by atoms with E-state index >= 15 is 0 Å². The second kappa shape index (κ2) is 9.19. The molecule has 1 heterocycles. The van der Waals surface area contributed by atoms with Gasteiger partial charge in [-0.2, -0.15) is 0 Å². The first kappa shape index (κ1) is 21.2. The van der Waals surface area contributed by atoms with Gasteiger partial charge in [-0.15, -0.1) is 0 Å². The first-order chi connectivity index (χ1) is 12.3.